The number of nitrogens with one attached hydrogen (secondary N) is 1. The van der Waals surface area contributed by atoms with Crippen LogP contribution in [0.1, 0.15) is 21.8 Å². The van der Waals surface area contributed by atoms with E-state index >= 15 is 0 Å². The van der Waals surface area contributed by atoms with Crippen LogP contribution in [0.4, 0.5) is 5.69 Å². The van der Waals surface area contributed by atoms with Gasteiger partial charge in [0.15, 0.2) is 22.2 Å². The molecule has 142 valence electrons. The average molecular weight is 386 g/mol. The number of anilines is 1. The van der Waals surface area contributed by atoms with Crippen molar-refractivity contribution >= 4 is 21.7 Å². The second kappa shape index (κ2) is 7.12. The van der Waals surface area contributed by atoms with E-state index in [9.17, 15) is 18.3 Å². The third kappa shape index (κ3) is 3.25. The van der Waals surface area contributed by atoms with Gasteiger partial charge in [0.25, 0.3) is 10.0 Å². The van der Waals surface area contributed by atoms with Gasteiger partial charge < -0.3 is 23.8 Å². The summed E-state index contributed by atoms with van der Waals surface area (Å²) in [6.45, 7) is 2.88. The van der Waals surface area contributed by atoms with Crippen molar-refractivity contribution in [2.45, 2.75) is 18.7 Å². The maximum atomic E-state index is 12.8. The maximum absolute atomic E-state index is 12.8. The molecule has 0 bridgehead atoms. The van der Waals surface area contributed by atoms with Gasteiger partial charge in [0.2, 0.25) is 5.75 Å². The van der Waals surface area contributed by atoms with Gasteiger partial charge in [-0.2, -0.15) is 0 Å². The van der Waals surface area contributed by atoms with E-state index in [4.69, 9.17) is 18.7 Å². The first kappa shape index (κ1) is 19.4. The van der Waals surface area contributed by atoms with E-state index in [0.717, 1.165) is 6.07 Å². The van der Waals surface area contributed by atoms with Gasteiger partial charge in [0, 0.05) is 6.07 Å². The predicted octanol–water partition coefficient (Wildman–Crippen LogP) is 1.82. The van der Waals surface area contributed by atoms with Gasteiger partial charge in [-0.15, -0.1) is 0 Å². The van der Waals surface area contributed by atoms with Gasteiger partial charge in [-0.25, -0.2) is 13.2 Å². The minimum absolute atomic E-state index is 0.0384. The smallest absolute Gasteiger partial charge is 0.338 e. The fourth-order valence-electron chi connectivity index (χ4n) is 2.47. The number of carboxylic acids is 1. The van der Waals surface area contributed by atoms with Crippen LogP contribution in [0.15, 0.2) is 15.5 Å². The van der Waals surface area contributed by atoms with Crippen molar-refractivity contribution in [3.8, 4) is 17.2 Å². The van der Waals surface area contributed by atoms with Crippen molar-refractivity contribution < 1.29 is 37.1 Å². The van der Waals surface area contributed by atoms with Crippen molar-refractivity contribution in [3.63, 3.8) is 0 Å². The summed E-state index contributed by atoms with van der Waals surface area (Å²) in [4.78, 5) is 11.5. The maximum Gasteiger partial charge on any atom is 0.338 e. The molecule has 0 saturated heterocycles. The molecule has 0 spiro atoms. The van der Waals surface area contributed by atoms with E-state index < -0.39 is 16.0 Å². The van der Waals surface area contributed by atoms with Gasteiger partial charge in [-0.1, -0.05) is 5.16 Å². The Morgan fingerprint density at radius 3 is 2.19 bits per heavy atom. The van der Waals surface area contributed by atoms with E-state index in [0.29, 0.717) is 0 Å². The van der Waals surface area contributed by atoms with E-state index in [-0.39, 0.29) is 44.8 Å². The van der Waals surface area contributed by atoms with Gasteiger partial charge in [-0.05, 0) is 13.8 Å². The molecule has 0 unspecified atom stereocenters. The lowest BCUT2D eigenvalue weighted by atomic mass is 10.1. The van der Waals surface area contributed by atoms with Crippen molar-refractivity contribution in [3.05, 3.63) is 23.1 Å². The number of aromatic nitrogens is 1. The van der Waals surface area contributed by atoms with Gasteiger partial charge in [0.1, 0.15) is 11.4 Å². The lowest BCUT2D eigenvalue weighted by molar-refractivity contribution is 0.0697. The van der Waals surface area contributed by atoms with Crippen LogP contribution in [0, 0.1) is 13.8 Å². The van der Waals surface area contributed by atoms with E-state index in [1.807, 2.05) is 0 Å². The Bertz CT molecular complexity index is 930. The highest BCUT2D eigenvalue weighted by Gasteiger charge is 2.30. The molecule has 10 nitrogen and oxygen atoms in total. The Hall–Kier alpha value is -2.95. The average Bonchev–Trinajstić information content (AvgIpc) is 2.92. The highest BCUT2D eigenvalue weighted by Crippen LogP contribution is 2.46. The molecule has 0 amide bonds. The molecule has 11 heteroatoms. The zero-order chi connectivity index (χ0) is 19.6. The second-order valence-corrected chi connectivity index (χ2v) is 6.75. The number of aryl methyl sites for hydroxylation is 2. The monoisotopic (exact) mass is 386 g/mol. The summed E-state index contributed by atoms with van der Waals surface area (Å²) in [7, 11) is -0.335. The van der Waals surface area contributed by atoms with Crippen molar-refractivity contribution in [1.29, 1.82) is 0 Å². The van der Waals surface area contributed by atoms with Gasteiger partial charge >= 0.3 is 5.97 Å². The van der Waals surface area contributed by atoms with Crippen LogP contribution in [0.2, 0.25) is 0 Å². The fraction of sp³-hybridized carbons (Fsp3) is 0.333. The number of sulfonamides is 1. The van der Waals surface area contributed by atoms with Crippen LogP contribution in [-0.2, 0) is 10.0 Å². The number of benzene rings is 1. The summed E-state index contributed by atoms with van der Waals surface area (Å²) in [5, 5.41) is 13.1. The summed E-state index contributed by atoms with van der Waals surface area (Å²) < 4.78 is 48.1. The summed E-state index contributed by atoms with van der Waals surface area (Å²) in [6.07, 6.45) is 0. The molecule has 0 aliphatic rings. The first-order valence-corrected chi connectivity index (χ1v) is 8.68. The van der Waals surface area contributed by atoms with Crippen LogP contribution in [0.25, 0.3) is 0 Å². The zero-order valence-corrected chi connectivity index (χ0v) is 15.6. The number of hydrogen-bond donors (Lipinski definition) is 2. The van der Waals surface area contributed by atoms with Gasteiger partial charge in [-0.3, -0.25) is 4.72 Å². The minimum atomic E-state index is -4.21. The Kier molecular flexibility index (Phi) is 5.30. The third-order valence-corrected chi connectivity index (χ3v) is 5.13. The first-order chi connectivity index (χ1) is 12.2. The van der Waals surface area contributed by atoms with Crippen molar-refractivity contribution in [2.75, 3.05) is 26.1 Å². The third-order valence-electron chi connectivity index (χ3n) is 3.53. The molecule has 0 fully saturated rings. The molecule has 0 radical (unpaired) electrons. The highest BCUT2D eigenvalue weighted by atomic mass is 32.2. The largest absolute Gasteiger partial charge is 0.493 e. The Morgan fingerprint density at radius 2 is 1.77 bits per heavy atom. The number of nitrogens with zero attached hydrogens (tertiary/aromatic N) is 1. The number of methoxy groups -OCH3 is 3. The molecule has 0 saturated carbocycles. The molecule has 1 aromatic carbocycles. The highest BCUT2D eigenvalue weighted by molar-refractivity contribution is 7.92. The molecule has 26 heavy (non-hydrogen) atoms. The number of hydrogen-bond acceptors (Lipinski definition) is 8. The quantitative estimate of drug-likeness (QED) is 0.729. The molecule has 2 N–H and O–H groups in total. The molecule has 0 aliphatic heterocycles. The SMILES string of the molecule is COc1cc(C(=O)O)c(NS(=O)(=O)c2c(C)noc2C)c(OC)c1OC. The normalized spacial score (nSPS) is 11.1. The second-order valence-electron chi connectivity index (χ2n) is 5.13. The van der Waals surface area contributed by atoms with Crippen molar-refractivity contribution in [2.24, 2.45) is 0 Å². The summed E-state index contributed by atoms with van der Waals surface area (Å²) in [5.74, 6) is -1.36. The molecule has 0 atom stereocenters. The van der Waals surface area contributed by atoms with Crippen molar-refractivity contribution in [1.82, 2.24) is 5.16 Å². The number of ether oxygens (including phenoxy) is 3. The number of carbonyl (C=O) groups is 1. The number of aromatic carboxylic acids is 1. The minimum Gasteiger partial charge on any atom is -0.493 e. The van der Waals surface area contributed by atoms with Crippen LogP contribution in [0.5, 0.6) is 17.2 Å². The van der Waals surface area contributed by atoms with Crippen LogP contribution < -0.4 is 18.9 Å². The predicted molar refractivity (Wildman–Crippen MR) is 89.8 cm³/mol. The Labute approximate surface area is 149 Å². The lowest BCUT2D eigenvalue weighted by Crippen LogP contribution is -2.18. The Morgan fingerprint density at radius 1 is 1.15 bits per heavy atom. The molecule has 0 aliphatic carbocycles. The molecule has 2 aromatic rings. The summed E-state index contributed by atoms with van der Waals surface area (Å²) >= 11 is 0. The summed E-state index contributed by atoms with van der Waals surface area (Å²) in [5.41, 5.74) is -0.557. The standard InChI is InChI=1S/C15H18N2O8S/c1-7-14(8(2)25-16-7)26(20,21)17-11-9(15(18)19)6-10(22-3)12(23-4)13(11)24-5/h6,17H,1-5H3,(H,18,19). The topological polar surface area (TPSA) is 137 Å². The molecule has 2 rings (SSSR count). The Balaban J connectivity index is 2.74. The zero-order valence-electron chi connectivity index (χ0n) is 14.7. The van der Waals surface area contributed by atoms with Crippen LogP contribution in [-0.4, -0.2) is 46.0 Å². The first-order valence-electron chi connectivity index (χ1n) is 7.19. The van der Waals surface area contributed by atoms with E-state index in [1.165, 1.54) is 35.2 Å². The molecular formula is C15H18N2O8S. The van der Waals surface area contributed by atoms with Gasteiger partial charge in [0.05, 0.1) is 26.9 Å². The van der Waals surface area contributed by atoms with E-state index in [2.05, 4.69) is 9.88 Å². The number of rotatable bonds is 7. The lowest BCUT2D eigenvalue weighted by Gasteiger charge is -2.19. The van der Waals surface area contributed by atoms with Crippen LogP contribution in [0.3, 0.4) is 0 Å². The summed E-state index contributed by atoms with van der Waals surface area (Å²) in [6, 6.07) is 1.13. The molecule has 1 heterocycles. The molecular weight excluding hydrogens is 368 g/mol. The molecule has 1 aromatic heterocycles. The van der Waals surface area contributed by atoms with Crippen LogP contribution >= 0.6 is 0 Å². The van der Waals surface area contributed by atoms with E-state index in [1.54, 1.807) is 0 Å². The fourth-order valence-corrected chi connectivity index (χ4v) is 3.89. The number of carboxylic acid groups (broad SMARTS) is 1.